The van der Waals surface area contributed by atoms with Gasteiger partial charge in [0, 0.05) is 36.0 Å². The minimum atomic E-state index is -0.620. The summed E-state index contributed by atoms with van der Waals surface area (Å²) in [6.07, 6.45) is 3.78. The Labute approximate surface area is 182 Å². The molecule has 0 bridgehead atoms. The second-order valence-corrected chi connectivity index (χ2v) is 9.37. The van der Waals surface area contributed by atoms with Crippen LogP contribution in [0.15, 0.2) is 30.5 Å². The van der Waals surface area contributed by atoms with Crippen molar-refractivity contribution in [2.45, 2.75) is 58.2 Å². The number of aryl methyl sites for hydroxylation is 1. The summed E-state index contributed by atoms with van der Waals surface area (Å²) in [5.74, 6) is 0.291. The third kappa shape index (κ3) is 4.71. The van der Waals surface area contributed by atoms with Crippen LogP contribution < -0.4 is 10.6 Å². The predicted octanol–water partition coefficient (Wildman–Crippen LogP) is 2.98. The summed E-state index contributed by atoms with van der Waals surface area (Å²) < 4.78 is 0. The number of nitrogens with zero attached hydrogens (tertiary/aromatic N) is 2. The van der Waals surface area contributed by atoms with Gasteiger partial charge in [-0.3, -0.25) is 9.59 Å². The van der Waals surface area contributed by atoms with Crippen LogP contribution in [0.5, 0.6) is 0 Å². The van der Waals surface area contributed by atoms with Gasteiger partial charge >= 0.3 is 0 Å². The first-order valence-electron chi connectivity index (χ1n) is 10.8. The Morgan fingerprint density at radius 3 is 2.58 bits per heavy atom. The minimum Gasteiger partial charge on any atom is -0.394 e. The van der Waals surface area contributed by atoms with Gasteiger partial charge in [0.25, 0.3) is 11.8 Å². The van der Waals surface area contributed by atoms with E-state index in [9.17, 15) is 14.7 Å². The molecule has 0 radical (unpaired) electrons. The summed E-state index contributed by atoms with van der Waals surface area (Å²) in [6, 6.07) is 7.95. The maximum absolute atomic E-state index is 13.1. The van der Waals surface area contributed by atoms with Gasteiger partial charge in [-0.2, -0.15) is 0 Å². The van der Waals surface area contributed by atoms with Crippen LogP contribution in [0.1, 0.15) is 59.9 Å². The van der Waals surface area contributed by atoms with E-state index in [-0.39, 0.29) is 30.5 Å². The number of aliphatic hydroxyl groups is 1. The third-order valence-electron chi connectivity index (χ3n) is 5.81. The van der Waals surface area contributed by atoms with Crippen LogP contribution in [-0.2, 0) is 0 Å². The molecule has 7 nitrogen and oxygen atoms in total. The minimum absolute atomic E-state index is 0.0751. The molecule has 1 aliphatic carbocycles. The average molecular weight is 423 g/mol. The molecular formula is C24H30N4O3. The average Bonchev–Trinajstić information content (AvgIpc) is 3.66. The highest BCUT2D eigenvalue weighted by atomic mass is 16.3. The fourth-order valence-electron chi connectivity index (χ4n) is 3.48. The van der Waals surface area contributed by atoms with Crippen LogP contribution in [0.3, 0.4) is 0 Å². The molecule has 1 unspecified atom stereocenters. The Morgan fingerprint density at radius 2 is 1.97 bits per heavy atom. The molecule has 2 aliphatic rings. The highest BCUT2D eigenvalue weighted by Gasteiger charge is 2.36. The summed E-state index contributed by atoms with van der Waals surface area (Å²) in [5, 5.41) is 15.9. The van der Waals surface area contributed by atoms with Crippen molar-refractivity contribution in [2.75, 3.05) is 18.5 Å². The highest BCUT2D eigenvalue weighted by Crippen LogP contribution is 2.31. The van der Waals surface area contributed by atoms with Gasteiger partial charge in [0.2, 0.25) is 0 Å². The molecule has 2 heterocycles. The van der Waals surface area contributed by atoms with Gasteiger partial charge in [0.1, 0.15) is 5.82 Å². The molecule has 1 saturated heterocycles. The number of amides is 2. The standard InChI is InChI=1S/C24H30N4O3/c1-14-5-6-16(22(30)26-18-7-8-18)9-19(14)17-10-20(23(31)28-12-15(28)2)21(25-11-17)27-24(3,4)13-29/h5-6,9-11,15,18,29H,7-8,12-13H2,1-4H3,(H,25,27)(H,26,30). The SMILES string of the molecule is Cc1ccc(C(=O)NC2CC2)cc1-c1cnc(NC(C)(C)CO)c(C(=O)N2CC2C)c1. The number of rotatable bonds is 7. The molecule has 0 spiro atoms. The van der Waals surface area contributed by atoms with E-state index < -0.39 is 5.54 Å². The quantitative estimate of drug-likeness (QED) is 0.597. The molecule has 2 fully saturated rings. The fraction of sp³-hybridized carbons (Fsp3) is 0.458. The number of carbonyl (C=O) groups is 2. The van der Waals surface area contributed by atoms with Gasteiger partial charge in [-0.05, 0) is 69.9 Å². The Bertz CT molecular complexity index is 1030. The van der Waals surface area contributed by atoms with E-state index in [0.29, 0.717) is 16.9 Å². The Morgan fingerprint density at radius 1 is 1.26 bits per heavy atom. The lowest BCUT2D eigenvalue weighted by Gasteiger charge is -2.26. The van der Waals surface area contributed by atoms with Gasteiger partial charge in [0.15, 0.2) is 0 Å². The topological polar surface area (TPSA) is 94.3 Å². The summed E-state index contributed by atoms with van der Waals surface area (Å²) in [5.41, 5.74) is 3.10. The zero-order valence-corrected chi connectivity index (χ0v) is 18.5. The van der Waals surface area contributed by atoms with Gasteiger partial charge in [-0.25, -0.2) is 4.98 Å². The third-order valence-corrected chi connectivity index (χ3v) is 5.81. The Balaban J connectivity index is 1.71. The summed E-state index contributed by atoms with van der Waals surface area (Å²) in [7, 11) is 0. The number of carbonyl (C=O) groups excluding carboxylic acids is 2. The van der Waals surface area contributed by atoms with Crippen molar-refractivity contribution >= 4 is 17.6 Å². The molecule has 4 rings (SSSR count). The van der Waals surface area contributed by atoms with E-state index >= 15 is 0 Å². The van der Waals surface area contributed by atoms with Gasteiger partial charge in [-0.1, -0.05) is 6.07 Å². The first kappa shape index (κ1) is 21.3. The van der Waals surface area contributed by atoms with Crippen molar-refractivity contribution in [3.63, 3.8) is 0 Å². The largest absolute Gasteiger partial charge is 0.394 e. The van der Waals surface area contributed by atoms with Crippen LogP contribution in [0.4, 0.5) is 5.82 Å². The van der Waals surface area contributed by atoms with E-state index in [1.54, 1.807) is 11.1 Å². The van der Waals surface area contributed by atoms with Crippen molar-refractivity contribution in [3.8, 4) is 11.1 Å². The predicted molar refractivity (Wildman–Crippen MR) is 120 cm³/mol. The summed E-state index contributed by atoms with van der Waals surface area (Å²) in [6.45, 7) is 8.31. The van der Waals surface area contributed by atoms with E-state index in [1.165, 1.54) is 0 Å². The smallest absolute Gasteiger partial charge is 0.257 e. The molecule has 3 N–H and O–H groups in total. The molecule has 2 amide bonds. The Kier molecular flexibility index (Phi) is 5.47. The molecule has 1 atom stereocenters. The molecule has 2 aromatic rings. The fourth-order valence-corrected chi connectivity index (χ4v) is 3.48. The normalized spacial score (nSPS) is 18.0. The first-order chi connectivity index (χ1) is 14.7. The first-order valence-corrected chi connectivity index (χ1v) is 10.8. The van der Waals surface area contributed by atoms with Gasteiger partial charge in [0.05, 0.1) is 17.7 Å². The van der Waals surface area contributed by atoms with Crippen LogP contribution in [-0.4, -0.2) is 57.6 Å². The van der Waals surface area contributed by atoms with Crippen LogP contribution in [0.25, 0.3) is 11.1 Å². The van der Waals surface area contributed by atoms with Crippen molar-refractivity contribution in [1.29, 1.82) is 0 Å². The number of pyridine rings is 1. The van der Waals surface area contributed by atoms with Gasteiger partial charge < -0.3 is 20.6 Å². The summed E-state index contributed by atoms with van der Waals surface area (Å²) in [4.78, 5) is 32.0. The molecule has 1 aliphatic heterocycles. The van der Waals surface area contributed by atoms with E-state index in [4.69, 9.17) is 0 Å². The Hall–Kier alpha value is -2.93. The molecule has 1 aromatic heterocycles. The lowest BCUT2D eigenvalue weighted by atomic mass is 9.97. The molecule has 31 heavy (non-hydrogen) atoms. The van der Waals surface area contributed by atoms with Crippen LogP contribution >= 0.6 is 0 Å². The number of nitrogens with one attached hydrogen (secondary N) is 2. The number of aromatic nitrogens is 1. The molecular weight excluding hydrogens is 392 g/mol. The molecule has 1 aromatic carbocycles. The molecule has 164 valence electrons. The van der Waals surface area contributed by atoms with Crippen molar-refractivity contribution in [3.05, 3.63) is 47.2 Å². The van der Waals surface area contributed by atoms with Gasteiger partial charge in [-0.15, -0.1) is 0 Å². The van der Waals surface area contributed by atoms with E-state index in [2.05, 4.69) is 15.6 Å². The van der Waals surface area contributed by atoms with Crippen molar-refractivity contribution in [1.82, 2.24) is 15.2 Å². The van der Waals surface area contributed by atoms with E-state index in [0.717, 1.165) is 36.1 Å². The maximum Gasteiger partial charge on any atom is 0.257 e. The number of hydrogen-bond acceptors (Lipinski definition) is 5. The lowest BCUT2D eigenvalue weighted by Crippen LogP contribution is -2.36. The summed E-state index contributed by atoms with van der Waals surface area (Å²) >= 11 is 0. The van der Waals surface area contributed by atoms with Crippen LogP contribution in [0.2, 0.25) is 0 Å². The van der Waals surface area contributed by atoms with E-state index in [1.807, 2.05) is 52.0 Å². The zero-order valence-electron chi connectivity index (χ0n) is 18.5. The molecule has 1 saturated carbocycles. The van der Waals surface area contributed by atoms with Crippen LogP contribution in [0, 0.1) is 6.92 Å². The lowest BCUT2D eigenvalue weighted by molar-refractivity contribution is 0.0875. The molecule has 7 heteroatoms. The van der Waals surface area contributed by atoms with Crippen molar-refractivity contribution in [2.24, 2.45) is 0 Å². The monoisotopic (exact) mass is 422 g/mol. The second-order valence-electron chi connectivity index (χ2n) is 9.37. The number of aliphatic hydroxyl groups excluding tert-OH is 1. The second kappa shape index (κ2) is 7.96. The number of benzene rings is 1. The highest BCUT2D eigenvalue weighted by molar-refractivity contribution is 6.02. The maximum atomic E-state index is 13.1. The number of hydrogen-bond donors (Lipinski definition) is 3. The van der Waals surface area contributed by atoms with Crippen molar-refractivity contribution < 1.29 is 14.7 Å². The number of anilines is 1. The zero-order chi connectivity index (χ0) is 22.3.